The van der Waals surface area contributed by atoms with Gasteiger partial charge >= 0.3 is 6.03 Å². The standard InChI is InChI=1S/C23H26N8O2/c1-14(2)26-22(32)17-4-5-18-21(27-17)31(16-7-9-30(18)12-16)23(33)28-20-10-15(6-8-25-20)19-11-24-13-29(19)3/h4-6,8,10-11,13-14,16H,7,9,12H2,1-3H3,(H,26,32)(H,25,28,33)/t16-/m0/s1. The smallest absolute Gasteiger partial charge is 0.329 e. The topological polar surface area (TPSA) is 108 Å². The molecule has 10 heteroatoms. The quantitative estimate of drug-likeness (QED) is 0.638. The first kappa shape index (κ1) is 20.9. The Bertz CT molecular complexity index is 1220. The van der Waals surface area contributed by atoms with E-state index in [1.165, 1.54) is 0 Å². The molecule has 3 aromatic heterocycles. The summed E-state index contributed by atoms with van der Waals surface area (Å²) in [6, 6.07) is 6.94. The predicted octanol–water partition coefficient (Wildman–Crippen LogP) is 2.65. The predicted molar refractivity (Wildman–Crippen MR) is 125 cm³/mol. The summed E-state index contributed by atoms with van der Waals surface area (Å²) < 4.78 is 1.91. The molecule has 3 aromatic rings. The van der Waals surface area contributed by atoms with Crippen LogP contribution in [0.3, 0.4) is 0 Å². The average molecular weight is 447 g/mol. The molecule has 0 unspecified atom stereocenters. The first-order chi connectivity index (χ1) is 15.9. The Morgan fingerprint density at radius 1 is 1.21 bits per heavy atom. The lowest BCUT2D eigenvalue weighted by molar-refractivity contribution is 0.0938. The summed E-state index contributed by atoms with van der Waals surface area (Å²) in [4.78, 5) is 42.9. The van der Waals surface area contributed by atoms with Crippen molar-refractivity contribution in [2.45, 2.75) is 32.4 Å². The SMILES string of the molecule is CC(C)NC(=O)c1ccc2c(n1)N(C(=O)Nc1cc(-c3cncn3C)ccn1)[C@H]1CCN2C1. The summed E-state index contributed by atoms with van der Waals surface area (Å²) in [5, 5.41) is 5.79. The van der Waals surface area contributed by atoms with Gasteiger partial charge in [0, 0.05) is 37.9 Å². The van der Waals surface area contributed by atoms with E-state index in [4.69, 9.17) is 0 Å². The minimum Gasteiger partial charge on any atom is -0.366 e. The second-order valence-electron chi connectivity index (χ2n) is 8.68. The van der Waals surface area contributed by atoms with E-state index in [0.717, 1.165) is 36.5 Å². The molecule has 170 valence electrons. The summed E-state index contributed by atoms with van der Waals surface area (Å²) >= 11 is 0. The number of nitrogens with one attached hydrogen (secondary N) is 2. The molecular weight excluding hydrogens is 420 g/mol. The van der Waals surface area contributed by atoms with E-state index >= 15 is 0 Å². The van der Waals surface area contributed by atoms with Crippen LogP contribution >= 0.6 is 0 Å². The maximum Gasteiger partial charge on any atom is 0.329 e. The van der Waals surface area contributed by atoms with Crippen molar-refractivity contribution in [3.05, 3.63) is 48.7 Å². The number of amides is 3. The van der Waals surface area contributed by atoms with Gasteiger partial charge in [-0.3, -0.25) is 15.0 Å². The van der Waals surface area contributed by atoms with Gasteiger partial charge in [0.05, 0.1) is 29.9 Å². The molecule has 1 atom stereocenters. The Balaban J connectivity index is 1.44. The molecule has 3 amide bonds. The summed E-state index contributed by atoms with van der Waals surface area (Å²) in [5.41, 5.74) is 2.97. The van der Waals surface area contributed by atoms with Crippen LogP contribution in [0.2, 0.25) is 0 Å². The van der Waals surface area contributed by atoms with Crippen molar-refractivity contribution in [1.29, 1.82) is 0 Å². The minimum atomic E-state index is -0.314. The summed E-state index contributed by atoms with van der Waals surface area (Å²) in [5.74, 6) is 0.682. The minimum absolute atomic E-state index is 0.00700. The number of anilines is 3. The highest BCUT2D eigenvalue weighted by atomic mass is 16.2. The molecule has 0 spiro atoms. The van der Waals surface area contributed by atoms with Crippen LogP contribution in [0.4, 0.5) is 22.1 Å². The second kappa shape index (κ2) is 8.19. The van der Waals surface area contributed by atoms with Crippen molar-refractivity contribution < 1.29 is 9.59 Å². The van der Waals surface area contributed by atoms with Gasteiger partial charge in [0.2, 0.25) is 0 Å². The molecule has 0 aromatic carbocycles. The molecule has 2 aliphatic rings. The summed E-state index contributed by atoms with van der Waals surface area (Å²) in [6.07, 6.45) is 5.98. The lowest BCUT2D eigenvalue weighted by Crippen LogP contribution is -2.48. The van der Waals surface area contributed by atoms with Gasteiger partial charge in [0.15, 0.2) is 5.82 Å². The molecule has 1 saturated heterocycles. The highest BCUT2D eigenvalue weighted by Crippen LogP contribution is 2.39. The Kier molecular flexibility index (Phi) is 5.20. The molecular formula is C23H26N8O2. The Morgan fingerprint density at radius 3 is 2.82 bits per heavy atom. The molecule has 33 heavy (non-hydrogen) atoms. The lowest BCUT2D eigenvalue weighted by atomic mass is 10.1. The van der Waals surface area contributed by atoms with E-state index in [2.05, 4.69) is 30.5 Å². The maximum absolute atomic E-state index is 13.4. The molecule has 2 bridgehead atoms. The zero-order valence-corrected chi connectivity index (χ0v) is 18.8. The van der Waals surface area contributed by atoms with Gasteiger partial charge in [-0.25, -0.2) is 19.7 Å². The van der Waals surface area contributed by atoms with Crippen molar-refractivity contribution in [3.8, 4) is 11.3 Å². The molecule has 10 nitrogen and oxygen atoms in total. The van der Waals surface area contributed by atoms with Crippen LogP contribution in [0.25, 0.3) is 11.3 Å². The van der Waals surface area contributed by atoms with Gasteiger partial charge in [0.1, 0.15) is 11.5 Å². The molecule has 1 fully saturated rings. The number of nitrogens with zero attached hydrogens (tertiary/aromatic N) is 6. The number of pyridine rings is 2. The Labute approximate surface area is 191 Å². The second-order valence-corrected chi connectivity index (χ2v) is 8.68. The van der Waals surface area contributed by atoms with Crippen molar-refractivity contribution in [2.24, 2.45) is 7.05 Å². The molecule has 0 aliphatic carbocycles. The van der Waals surface area contributed by atoms with E-state index < -0.39 is 0 Å². The highest BCUT2D eigenvalue weighted by molar-refractivity contribution is 6.05. The third-order valence-electron chi connectivity index (χ3n) is 5.93. The summed E-state index contributed by atoms with van der Waals surface area (Å²) in [7, 11) is 1.91. The van der Waals surface area contributed by atoms with Gasteiger partial charge in [-0.1, -0.05) is 0 Å². The van der Waals surface area contributed by atoms with Crippen LogP contribution in [0, 0.1) is 0 Å². The third-order valence-corrected chi connectivity index (χ3v) is 5.93. The number of carbonyl (C=O) groups is 2. The number of hydrogen-bond donors (Lipinski definition) is 2. The van der Waals surface area contributed by atoms with Crippen LogP contribution in [-0.4, -0.2) is 56.6 Å². The first-order valence-corrected chi connectivity index (χ1v) is 11.0. The summed E-state index contributed by atoms with van der Waals surface area (Å²) in [6.45, 7) is 5.38. The van der Waals surface area contributed by atoms with Gasteiger partial charge in [-0.05, 0) is 44.5 Å². The van der Waals surface area contributed by atoms with Crippen LogP contribution in [0.15, 0.2) is 43.0 Å². The van der Waals surface area contributed by atoms with E-state index in [1.54, 1.807) is 29.7 Å². The molecule has 0 radical (unpaired) electrons. The fourth-order valence-electron chi connectivity index (χ4n) is 4.40. The van der Waals surface area contributed by atoms with Gasteiger partial charge in [-0.2, -0.15) is 0 Å². The number of aryl methyl sites for hydroxylation is 1. The monoisotopic (exact) mass is 446 g/mol. The molecule has 5 rings (SSSR count). The number of carbonyl (C=O) groups excluding carboxylic acids is 2. The van der Waals surface area contributed by atoms with E-state index in [9.17, 15) is 9.59 Å². The Morgan fingerprint density at radius 2 is 2.06 bits per heavy atom. The van der Waals surface area contributed by atoms with Crippen molar-refractivity contribution >= 4 is 29.3 Å². The normalized spacial score (nSPS) is 16.7. The van der Waals surface area contributed by atoms with Gasteiger partial charge < -0.3 is 14.8 Å². The Hall–Kier alpha value is -3.95. The number of imidazole rings is 1. The maximum atomic E-state index is 13.4. The molecule has 2 aliphatic heterocycles. The average Bonchev–Trinajstić information content (AvgIpc) is 3.40. The van der Waals surface area contributed by atoms with Crippen LogP contribution < -0.4 is 20.4 Å². The number of rotatable bonds is 4. The number of urea groups is 1. The van der Waals surface area contributed by atoms with Crippen molar-refractivity contribution in [2.75, 3.05) is 28.2 Å². The highest BCUT2D eigenvalue weighted by Gasteiger charge is 2.40. The lowest BCUT2D eigenvalue weighted by Gasteiger charge is -2.35. The fourth-order valence-corrected chi connectivity index (χ4v) is 4.40. The van der Waals surface area contributed by atoms with Crippen LogP contribution in [-0.2, 0) is 7.05 Å². The van der Waals surface area contributed by atoms with E-state index in [1.807, 2.05) is 43.7 Å². The van der Waals surface area contributed by atoms with Gasteiger partial charge in [-0.15, -0.1) is 0 Å². The zero-order chi connectivity index (χ0) is 23.1. The molecule has 0 saturated carbocycles. The van der Waals surface area contributed by atoms with Crippen LogP contribution in [0.5, 0.6) is 0 Å². The number of fused-ring (bicyclic) bond motifs is 4. The molecule has 2 N–H and O–H groups in total. The first-order valence-electron chi connectivity index (χ1n) is 11.0. The van der Waals surface area contributed by atoms with E-state index in [-0.39, 0.29) is 24.0 Å². The van der Waals surface area contributed by atoms with Gasteiger partial charge in [0.25, 0.3) is 5.91 Å². The third kappa shape index (κ3) is 3.88. The van der Waals surface area contributed by atoms with Crippen LogP contribution in [0.1, 0.15) is 30.8 Å². The van der Waals surface area contributed by atoms with E-state index in [0.29, 0.717) is 17.3 Å². The zero-order valence-electron chi connectivity index (χ0n) is 18.8. The van der Waals surface area contributed by atoms with Crippen molar-refractivity contribution in [1.82, 2.24) is 24.8 Å². The fraction of sp³-hybridized carbons (Fsp3) is 0.348. The van der Waals surface area contributed by atoms with Crippen molar-refractivity contribution in [3.63, 3.8) is 0 Å². The number of aromatic nitrogens is 4. The molecule has 5 heterocycles. The largest absolute Gasteiger partial charge is 0.366 e. The number of hydrogen-bond acceptors (Lipinski definition) is 6.